The molecule has 1 aliphatic heterocycles. The highest BCUT2D eigenvalue weighted by Gasteiger charge is 2.45. The van der Waals surface area contributed by atoms with Crippen molar-refractivity contribution in [1.29, 1.82) is 0 Å². The standard InChI is InChI=1S/C31H39ClN2O4S/c1-5-26(33-39(37)30(2,3)4)24-11-8-22(24)17-34-18-31(14-6-7-20-15-23(32)10-12-25(20)31)19-38-28-13-9-21(29(35)36)16-27(28)34/h5,9-10,12-13,15-16,22,24,26,33H,1,6-8,11,14,17-19H2,2-4H3,(H,35,36)/t22-,24+,26?,31?,39+/m0/s1. The van der Waals surface area contributed by atoms with Crippen LogP contribution in [0.1, 0.15) is 67.9 Å². The van der Waals surface area contributed by atoms with Crippen LogP contribution >= 0.6 is 11.6 Å². The zero-order chi connectivity index (χ0) is 27.9. The Balaban J connectivity index is 1.47. The number of benzene rings is 2. The van der Waals surface area contributed by atoms with E-state index in [4.69, 9.17) is 16.3 Å². The fourth-order valence-electron chi connectivity index (χ4n) is 6.44. The minimum absolute atomic E-state index is 0.0524. The molecule has 1 spiro atoms. The van der Waals surface area contributed by atoms with Crippen LogP contribution in [0.15, 0.2) is 49.1 Å². The number of halogens is 1. The van der Waals surface area contributed by atoms with E-state index in [0.717, 1.165) is 61.7 Å². The van der Waals surface area contributed by atoms with E-state index in [-0.39, 0.29) is 21.8 Å². The Kier molecular flexibility index (Phi) is 7.99. The van der Waals surface area contributed by atoms with Gasteiger partial charge in [-0.1, -0.05) is 23.7 Å². The quantitative estimate of drug-likeness (QED) is 0.307. The molecular formula is C31H39ClN2O4S. The Morgan fingerprint density at radius 2 is 2.13 bits per heavy atom. The molecule has 0 aromatic heterocycles. The van der Waals surface area contributed by atoms with Gasteiger partial charge >= 0.3 is 5.97 Å². The van der Waals surface area contributed by atoms with Gasteiger partial charge in [-0.15, -0.1) is 11.3 Å². The van der Waals surface area contributed by atoms with Crippen LogP contribution < -0.4 is 14.4 Å². The van der Waals surface area contributed by atoms with Gasteiger partial charge in [0, 0.05) is 34.9 Å². The number of carboxylic acid groups (broad SMARTS) is 1. The normalized spacial score (nSPS) is 25.9. The predicted octanol–water partition coefficient (Wildman–Crippen LogP) is 6.14. The second kappa shape index (κ2) is 11.0. The summed E-state index contributed by atoms with van der Waals surface area (Å²) >= 11 is 5.18. The number of hydrogen-bond donors (Lipinski definition) is 2. The number of hydrogen-bond acceptors (Lipinski definition) is 5. The van der Waals surface area contributed by atoms with Crippen LogP contribution in [0, 0.1) is 11.8 Å². The van der Waals surface area contributed by atoms with Gasteiger partial charge in [0.15, 0.2) is 0 Å². The molecule has 2 aliphatic carbocycles. The molecule has 210 valence electrons. The summed E-state index contributed by atoms with van der Waals surface area (Å²) in [4.78, 5) is 14.3. The van der Waals surface area contributed by atoms with Crippen molar-refractivity contribution >= 4 is 34.6 Å². The van der Waals surface area contributed by atoms with E-state index in [1.165, 1.54) is 11.1 Å². The smallest absolute Gasteiger partial charge is 0.335 e. The van der Waals surface area contributed by atoms with Gasteiger partial charge in [0.2, 0.25) is 0 Å². The average Bonchev–Trinajstić information content (AvgIpc) is 3.02. The molecule has 39 heavy (non-hydrogen) atoms. The van der Waals surface area contributed by atoms with E-state index in [1.54, 1.807) is 18.2 Å². The first kappa shape index (κ1) is 28.3. The summed E-state index contributed by atoms with van der Waals surface area (Å²) < 4.78 is 22.3. The monoisotopic (exact) mass is 570 g/mol. The van der Waals surface area contributed by atoms with Crippen molar-refractivity contribution in [2.75, 3.05) is 24.6 Å². The second-order valence-electron chi connectivity index (χ2n) is 12.4. The molecule has 1 heterocycles. The Hall–Kier alpha value is -2.19. The molecule has 1 fully saturated rings. The van der Waals surface area contributed by atoms with Crippen molar-refractivity contribution in [2.45, 2.75) is 69.1 Å². The van der Waals surface area contributed by atoms with Crippen molar-refractivity contribution < 1.29 is 19.2 Å². The molecule has 8 heteroatoms. The minimum atomic E-state index is -1.19. The van der Waals surface area contributed by atoms with Crippen LogP contribution in [0.5, 0.6) is 5.75 Å². The molecule has 0 radical (unpaired) electrons. The Morgan fingerprint density at radius 3 is 2.79 bits per heavy atom. The van der Waals surface area contributed by atoms with Gasteiger partial charge in [0.05, 0.1) is 23.9 Å². The first-order chi connectivity index (χ1) is 18.5. The SMILES string of the molecule is C=CC(N[S@+]([O-])C(C)(C)C)[C@@H]1CC[C@H]1CN1CC2(CCCc3cc(Cl)ccc32)COc2ccc(C(=O)O)cc21. The molecule has 2 aromatic rings. The third-order valence-corrected chi connectivity index (χ3v) is 10.6. The molecule has 0 bridgehead atoms. The number of carboxylic acids is 1. The van der Waals surface area contributed by atoms with Crippen molar-refractivity contribution in [2.24, 2.45) is 11.8 Å². The fraction of sp³-hybridized carbons (Fsp3) is 0.516. The lowest BCUT2D eigenvalue weighted by Crippen LogP contribution is -2.53. The number of carbonyl (C=O) groups is 1. The van der Waals surface area contributed by atoms with E-state index < -0.39 is 17.3 Å². The highest BCUT2D eigenvalue weighted by atomic mass is 35.5. The first-order valence-corrected chi connectivity index (χ1v) is 15.4. The third-order valence-electron chi connectivity index (χ3n) is 8.73. The number of fused-ring (bicyclic) bond motifs is 3. The number of nitrogens with one attached hydrogen (secondary N) is 1. The maximum Gasteiger partial charge on any atom is 0.335 e. The second-order valence-corrected chi connectivity index (χ2v) is 14.8. The lowest BCUT2D eigenvalue weighted by Gasteiger charge is -2.46. The maximum atomic E-state index is 12.9. The first-order valence-electron chi connectivity index (χ1n) is 13.9. The number of aromatic carboxylic acids is 1. The molecule has 2 aromatic carbocycles. The topological polar surface area (TPSA) is 84.9 Å². The molecule has 0 saturated heterocycles. The molecule has 6 nitrogen and oxygen atoms in total. The van der Waals surface area contributed by atoms with E-state index in [1.807, 2.05) is 32.9 Å². The maximum absolute atomic E-state index is 12.9. The van der Waals surface area contributed by atoms with Gasteiger partial charge in [-0.2, -0.15) is 0 Å². The number of aryl methyl sites for hydroxylation is 1. The highest BCUT2D eigenvalue weighted by molar-refractivity contribution is 7.90. The van der Waals surface area contributed by atoms with Crippen LogP contribution in [0.4, 0.5) is 5.69 Å². The van der Waals surface area contributed by atoms with Gasteiger partial charge in [0.1, 0.15) is 10.5 Å². The minimum Gasteiger partial charge on any atom is -0.598 e. The summed E-state index contributed by atoms with van der Waals surface area (Å²) in [6.45, 7) is 12.0. The molecular weight excluding hydrogens is 532 g/mol. The van der Waals surface area contributed by atoms with Crippen molar-refractivity contribution in [1.82, 2.24) is 4.72 Å². The molecule has 5 atom stereocenters. The Bertz CT molecular complexity index is 1250. The summed E-state index contributed by atoms with van der Waals surface area (Å²) in [6.07, 6.45) is 7.03. The molecule has 0 amide bonds. The van der Waals surface area contributed by atoms with Crippen LogP contribution in [-0.2, 0) is 23.2 Å². The summed E-state index contributed by atoms with van der Waals surface area (Å²) in [7, 11) is 0. The third kappa shape index (κ3) is 5.69. The zero-order valence-corrected chi connectivity index (χ0v) is 24.6. The predicted molar refractivity (Wildman–Crippen MR) is 158 cm³/mol. The fourth-order valence-corrected chi connectivity index (χ4v) is 7.50. The van der Waals surface area contributed by atoms with Gasteiger partial charge < -0.3 is 19.3 Å². The van der Waals surface area contributed by atoms with Crippen LogP contribution in [0.3, 0.4) is 0 Å². The van der Waals surface area contributed by atoms with Crippen LogP contribution in [-0.4, -0.2) is 46.1 Å². The number of rotatable bonds is 7. The van der Waals surface area contributed by atoms with Crippen LogP contribution in [0.25, 0.3) is 0 Å². The molecule has 1 saturated carbocycles. The summed E-state index contributed by atoms with van der Waals surface area (Å²) in [5.41, 5.74) is 3.43. The van der Waals surface area contributed by atoms with Crippen molar-refractivity contribution in [3.05, 3.63) is 70.8 Å². The highest BCUT2D eigenvalue weighted by Crippen LogP contribution is 2.46. The van der Waals surface area contributed by atoms with Crippen molar-refractivity contribution in [3.63, 3.8) is 0 Å². The van der Waals surface area contributed by atoms with E-state index in [2.05, 4.69) is 28.3 Å². The van der Waals surface area contributed by atoms with E-state index in [9.17, 15) is 14.5 Å². The van der Waals surface area contributed by atoms with Crippen molar-refractivity contribution in [3.8, 4) is 5.75 Å². The van der Waals surface area contributed by atoms with Gasteiger partial charge in [-0.05, 0) is 106 Å². The summed E-state index contributed by atoms with van der Waals surface area (Å²) in [5, 5.41) is 10.5. The van der Waals surface area contributed by atoms with Crippen LogP contribution in [0.2, 0.25) is 5.02 Å². The Labute approximate surface area is 240 Å². The molecule has 2 N–H and O–H groups in total. The lowest BCUT2D eigenvalue weighted by atomic mass is 9.68. The van der Waals surface area contributed by atoms with E-state index in [0.29, 0.717) is 18.4 Å². The molecule has 2 unspecified atom stereocenters. The number of nitrogens with zero attached hydrogens (tertiary/aromatic N) is 1. The lowest BCUT2D eigenvalue weighted by molar-refractivity contribution is 0.0697. The van der Waals surface area contributed by atoms with Gasteiger partial charge in [0.25, 0.3) is 0 Å². The van der Waals surface area contributed by atoms with Gasteiger partial charge in [-0.25, -0.2) is 4.79 Å². The molecule has 5 rings (SSSR count). The zero-order valence-electron chi connectivity index (χ0n) is 23.0. The van der Waals surface area contributed by atoms with E-state index >= 15 is 0 Å². The van der Waals surface area contributed by atoms with Gasteiger partial charge in [-0.3, -0.25) is 0 Å². The average molecular weight is 571 g/mol. The Morgan fingerprint density at radius 1 is 1.33 bits per heavy atom. The summed E-state index contributed by atoms with van der Waals surface area (Å²) in [6, 6.07) is 11.3. The summed E-state index contributed by atoms with van der Waals surface area (Å²) in [5.74, 6) is 0.428. The molecule has 3 aliphatic rings. The number of ether oxygens (including phenoxy) is 1. The largest absolute Gasteiger partial charge is 0.598 e. The number of anilines is 1.